The number of benzene rings is 2. The maximum absolute atomic E-state index is 12.5. The summed E-state index contributed by atoms with van der Waals surface area (Å²) in [6, 6.07) is 13.2. The zero-order chi connectivity index (χ0) is 17.1. The lowest BCUT2D eigenvalue weighted by molar-refractivity contribution is 0.0986. The molecule has 0 fully saturated rings. The fraction of sp³-hybridized carbons (Fsp3) is 0.250. The third-order valence-corrected chi connectivity index (χ3v) is 4.19. The average molecular weight is 324 g/mol. The molecule has 0 amide bonds. The number of rotatable bonds is 5. The minimum Gasteiger partial charge on any atom is -0.468 e. The van der Waals surface area contributed by atoms with Crippen molar-refractivity contribution >= 4 is 11.0 Å². The predicted molar refractivity (Wildman–Crippen MR) is 94.4 cm³/mol. The van der Waals surface area contributed by atoms with Crippen molar-refractivity contribution in [2.24, 2.45) is 0 Å². The largest absolute Gasteiger partial charge is 0.468 e. The van der Waals surface area contributed by atoms with Gasteiger partial charge < -0.3 is 14.3 Å². The van der Waals surface area contributed by atoms with E-state index in [-0.39, 0.29) is 5.63 Å². The Morgan fingerprint density at radius 1 is 1.00 bits per heavy atom. The van der Waals surface area contributed by atoms with Gasteiger partial charge in [0.15, 0.2) is 6.79 Å². The highest BCUT2D eigenvalue weighted by Gasteiger charge is 2.12. The average Bonchev–Trinajstić information content (AvgIpc) is 2.61. The highest BCUT2D eigenvalue weighted by molar-refractivity contribution is 5.83. The molecule has 0 bridgehead atoms. The summed E-state index contributed by atoms with van der Waals surface area (Å²) >= 11 is 0. The highest BCUT2D eigenvalue weighted by Crippen LogP contribution is 2.27. The number of ether oxygens (including phenoxy) is 1. The van der Waals surface area contributed by atoms with Gasteiger partial charge in [-0.2, -0.15) is 0 Å². The van der Waals surface area contributed by atoms with Crippen LogP contribution in [0.1, 0.15) is 25.0 Å². The molecule has 0 saturated carbocycles. The van der Waals surface area contributed by atoms with E-state index in [1.807, 2.05) is 18.2 Å². The normalized spacial score (nSPS) is 11.0. The molecule has 4 nitrogen and oxygen atoms in total. The number of hydrogen-bond acceptors (Lipinski definition) is 4. The molecular weight excluding hydrogens is 304 g/mol. The topological polar surface area (TPSA) is 59.7 Å². The van der Waals surface area contributed by atoms with Crippen molar-refractivity contribution in [1.29, 1.82) is 0 Å². The summed E-state index contributed by atoms with van der Waals surface area (Å²) in [5, 5.41) is 9.64. The fourth-order valence-electron chi connectivity index (χ4n) is 2.87. The van der Waals surface area contributed by atoms with Crippen molar-refractivity contribution < 1.29 is 14.3 Å². The minimum absolute atomic E-state index is 0.373. The molecule has 2 aromatic carbocycles. The van der Waals surface area contributed by atoms with Crippen LogP contribution in [-0.4, -0.2) is 11.9 Å². The van der Waals surface area contributed by atoms with Gasteiger partial charge in [-0.05, 0) is 47.7 Å². The van der Waals surface area contributed by atoms with E-state index in [9.17, 15) is 4.79 Å². The SMILES string of the molecule is CCc1ccc(-c2cc3ccc(OCO)cc3oc2=O)c(CC)c1. The van der Waals surface area contributed by atoms with Gasteiger partial charge in [0.05, 0.1) is 5.56 Å². The highest BCUT2D eigenvalue weighted by atomic mass is 16.6. The summed E-state index contributed by atoms with van der Waals surface area (Å²) in [6.45, 7) is 3.78. The molecule has 4 heteroatoms. The van der Waals surface area contributed by atoms with Crippen molar-refractivity contribution in [1.82, 2.24) is 0 Å². The van der Waals surface area contributed by atoms with Crippen LogP contribution in [0.2, 0.25) is 0 Å². The lowest BCUT2D eigenvalue weighted by Gasteiger charge is -2.10. The molecule has 0 aliphatic carbocycles. The Hall–Kier alpha value is -2.59. The second kappa shape index (κ2) is 6.89. The van der Waals surface area contributed by atoms with Crippen LogP contribution >= 0.6 is 0 Å². The predicted octanol–water partition coefficient (Wildman–Crippen LogP) is 3.91. The van der Waals surface area contributed by atoms with E-state index in [4.69, 9.17) is 14.3 Å². The first-order valence-electron chi connectivity index (χ1n) is 8.10. The Labute approximate surface area is 140 Å². The van der Waals surface area contributed by atoms with E-state index in [2.05, 4.69) is 26.0 Å². The van der Waals surface area contributed by atoms with Gasteiger partial charge in [0.25, 0.3) is 0 Å². The molecule has 0 aliphatic rings. The van der Waals surface area contributed by atoms with Gasteiger partial charge >= 0.3 is 5.63 Å². The Morgan fingerprint density at radius 2 is 1.83 bits per heavy atom. The van der Waals surface area contributed by atoms with Gasteiger partial charge in [-0.1, -0.05) is 32.0 Å². The molecule has 0 saturated heterocycles. The maximum atomic E-state index is 12.5. The summed E-state index contributed by atoms with van der Waals surface area (Å²) in [7, 11) is 0. The second-order valence-corrected chi connectivity index (χ2v) is 5.62. The van der Waals surface area contributed by atoms with Crippen LogP contribution in [-0.2, 0) is 12.8 Å². The van der Waals surface area contributed by atoms with Crippen molar-refractivity contribution in [2.45, 2.75) is 26.7 Å². The van der Waals surface area contributed by atoms with Gasteiger partial charge in [0.2, 0.25) is 0 Å². The Kier molecular flexibility index (Phi) is 4.67. The Bertz CT molecular complexity index is 925. The Balaban J connectivity index is 2.15. The molecule has 3 aromatic rings. The summed E-state index contributed by atoms with van der Waals surface area (Å²) in [5.41, 5.74) is 3.95. The third-order valence-electron chi connectivity index (χ3n) is 4.19. The summed E-state index contributed by atoms with van der Waals surface area (Å²) in [4.78, 5) is 12.5. The van der Waals surface area contributed by atoms with E-state index in [0.29, 0.717) is 16.9 Å². The molecule has 1 heterocycles. The van der Waals surface area contributed by atoms with Gasteiger partial charge in [-0.3, -0.25) is 0 Å². The van der Waals surface area contributed by atoms with Crippen LogP contribution < -0.4 is 10.4 Å². The maximum Gasteiger partial charge on any atom is 0.344 e. The quantitative estimate of drug-likeness (QED) is 0.571. The molecule has 0 atom stereocenters. The van der Waals surface area contributed by atoms with E-state index < -0.39 is 6.79 Å². The van der Waals surface area contributed by atoms with Gasteiger partial charge in [-0.25, -0.2) is 4.79 Å². The first-order valence-corrected chi connectivity index (χ1v) is 8.10. The van der Waals surface area contributed by atoms with Crippen molar-refractivity contribution in [3.05, 3.63) is 64.0 Å². The van der Waals surface area contributed by atoms with Crippen LogP contribution in [0.3, 0.4) is 0 Å². The van der Waals surface area contributed by atoms with Crippen LogP contribution in [0.5, 0.6) is 5.75 Å². The molecule has 0 aliphatic heterocycles. The number of aryl methyl sites for hydroxylation is 2. The van der Waals surface area contributed by atoms with E-state index in [0.717, 1.165) is 29.4 Å². The van der Waals surface area contributed by atoms with Crippen LogP contribution in [0.4, 0.5) is 0 Å². The van der Waals surface area contributed by atoms with E-state index >= 15 is 0 Å². The van der Waals surface area contributed by atoms with Gasteiger partial charge in [0.1, 0.15) is 11.3 Å². The molecule has 0 radical (unpaired) electrons. The number of hydrogen-bond donors (Lipinski definition) is 1. The number of aliphatic hydroxyl groups excluding tert-OH is 1. The molecular formula is C20H20O4. The summed E-state index contributed by atoms with van der Waals surface area (Å²) in [5.74, 6) is 0.461. The lowest BCUT2D eigenvalue weighted by atomic mass is 9.95. The van der Waals surface area contributed by atoms with E-state index in [1.54, 1.807) is 12.1 Å². The second-order valence-electron chi connectivity index (χ2n) is 5.62. The lowest BCUT2D eigenvalue weighted by Crippen LogP contribution is -2.05. The fourth-order valence-corrected chi connectivity index (χ4v) is 2.87. The van der Waals surface area contributed by atoms with Gasteiger partial charge in [-0.15, -0.1) is 0 Å². The molecule has 24 heavy (non-hydrogen) atoms. The first-order chi connectivity index (χ1) is 11.7. The zero-order valence-corrected chi connectivity index (χ0v) is 13.8. The van der Waals surface area contributed by atoms with Crippen molar-refractivity contribution in [2.75, 3.05) is 6.79 Å². The zero-order valence-electron chi connectivity index (χ0n) is 13.8. The van der Waals surface area contributed by atoms with Gasteiger partial charge in [0, 0.05) is 11.5 Å². The monoisotopic (exact) mass is 324 g/mol. The van der Waals surface area contributed by atoms with Crippen molar-refractivity contribution in [3.8, 4) is 16.9 Å². The number of fused-ring (bicyclic) bond motifs is 1. The first kappa shape index (κ1) is 16.3. The third kappa shape index (κ3) is 3.05. The summed E-state index contributed by atoms with van der Waals surface area (Å²) in [6.07, 6.45) is 1.82. The minimum atomic E-state index is -0.419. The molecule has 0 spiro atoms. The van der Waals surface area contributed by atoms with Crippen LogP contribution in [0.25, 0.3) is 22.1 Å². The molecule has 3 rings (SSSR count). The standard InChI is InChI=1S/C20H20O4/c1-3-13-5-8-17(14(4-2)9-13)18-10-15-6-7-16(23-12-21)11-19(15)24-20(18)22/h5-11,21H,3-4,12H2,1-2H3. The van der Waals surface area contributed by atoms with Crippen LogP contribution in [0.15, 0.2) is 51.7 Å². The molecule has 1 N–H and O–H groups in total. The van der Waals surface area contributed by atoms with E-state index in [1.165, 1.54) is 5.56 Å². The smallest absolute Gasteiger partial charge is 0.344 e. The molecule has 0 unspecified atom stereocenters. The van der Waals surface area contributed by atoms with Crippen molar-refractivity contribution in [3.63, 3.8) is 0 Å². The Morgan fingerprint density at radius 3 is 2.54 bits per heavy atom. The van der Waals surface area contributed by atoms with Crippen LogP contribution in [0, 0.1) is 0 Å². The molecule has 124 valence electrons. The number of aliphatic hydroxyl groups is 1. The molecule has 1 aromatic heterocycles. The summed E-state index contributed by atoms with van der Waals surface area (Å²) < 4.78 is 10.5.